The first-order valence-electron chi connectivity index (χ1n) is 14.3. The standard InChI is InChI=1S/C18H16O5.C17H16O4/c1-11(19)21-14-9-17(22-12(2)20)15-8-7-13-5-3-4-6-16(13)23-18(15)10-14;1-2-14(19)10-4-6-16-11(7-10)3-5-13-15(20)8-12(18)9-17(13)21-16/h3-6,9-10H,7-8H2,1-2H3;4,6-9,18,20H,2-3,5H2,1H3. The van der Waals surface area contributed by atoms with Gasteiger partial charge in [-0.1, -0.05) is 25.1 Å². The lowest BCUT2D eigenvalue weighted by atomic mass is 10.00. The Morgan fingerprint density at radius 2 is 1.36 bits per heavy atom. The van der Waals surface area contributed by atoms with Crippen molar-refractivity contribution in [3.8, 4) is 46.0 Å². The molecule has 0 saturated carbocycles. The largest absolute Gasteiger partial charge is 0.508 e. The predicted molar refractivity (Wildman–Crippen MR) is 161 cm³/mol. The fourth-order valence-electron chi connectivity index (χ4n) is 5.18. The minimum Gasteiger partial charge on any atom is -0.508 e. The molecule has 2 aliphatic heterocycles. The lowest BCUT2D eigenvalue weighted by molar-refractivity contribution is -0.132. The normalized spacial score (nSPS) is 12.5. The Labute approximate surface area is 254 Å². The molecule has 6 rings (SSSR count). The molecular weight excluding hydrogens is 564 g/mol. The van der Waals surface area contributed by atoms with E-state index in [4.69, 9.17) is 18.9 Å². The number of fused-ring (bicyclic) bond motifs is 4. The van der Waals surface area contributed by atoms with Crippen LogP contribution in [0.25, 0.3) is 0 Å². The number of benzene rings is 4. The predicted octanol–water partition coefficient (Wildman–Crippen LogP) is 7.01. The molecule has 0 unspecified atom stereocenters. The lowest BCUT2D eigenvalue weighted by Crippen LogP contribution is -2.07. The Morgan fingerprint density at radius 1 is 0.705 bits per heavy atom. The molecule has 0 atom stereocenters. The van der Waals surface area contributed by atoms with Gasteiger partial charge in [-0.25, -0.2) is 0 Å². The fourth-order valence-corrected chi connectivity index (χ4v) is 5.18. The molecule has 2 aliphatic rings. The van der Waals surface area contributed by atoms with E-state index in [1.807, 2.05) is 37.3 Å². The molecule has 0 fully saturated rings. The number of esters is 2. The summed E-state index contributed by atoms with van der Waals surface area (Å²) in [6, 6.07) is 19.1. The van der Waals surface area contributed by atoms with Crippen molar-refractivity contribution in [1.29, 1.82) is 0 Å². The monoisotopic (exact) mass is 596 g/mol. The van der Waals surface area contributed by atoms with E-state index in [0.29, 0.717) is 59.8 Å². The third kappa shape index (κ3) is 6.83. The van der Waals surface area contributed by atoms with Crippen LogP contribution in [0.1, 0.15) is 59.8 Å². The van der Waals surface area contributed by atoms with Crippen LogP contribution in [0.2, 0.25) is 0 Å². The quantitative estimate of drug-likeness (QED) is 0.145. The van der Waals surface area contributed by atoms with Crippen LogP contribution in [0.4, 0.5) is 0 Å². The van der Waals surface area contributed by atoms with E-state index < -0.39 is 11.9 Å². The molecule has 0 saturated heterocycles. The van der Waals surface area contributed by atoms with Crippen LogP contribution in [0.3, 0.4) is 0 Å². The summed E-state index contributed by atoms with van der Waals surface area (Å²) < 4.78 is 22.2. The average molecular weight is 597 g/mol. The Balaban J connectivity index is 0.000000175. The highest BCUT2D eigenvalue weighted by Crippen LogP contribution is 2.42. The van der Waals surface area contributed by atoms with Crippen molar-refractivity contribution in [3.63, 3.8) is 0 Å². The van der Waals surface area contributed by atoms with E-state index in [-0.39, 0.29) is 23.0 Å². The van der Waals surface area contributed by atoms with E-state index in [2.05, 4.69) is 0 Å². The number of aryl methyl sites for hydroxylation is 2. The topological polar surface area (TPSA) is 129 Å². The number of para-hydroxylation sites is 1. The molecule has 226 valence electrons. The van der Waals surface area contributed by atoms with E-state index in [9.17, 15) is 24.6 Å². The van der Waals surface area contributed by atoms with Crippen molar-refractivity contribution in [2.24, 2.45) is 0 Å². The van der Waals surface area contributed by atoms with Gasteiger partial charge in [-0.05, 0) is 61.1 Å². The van der Waals surface area contributed by atoms with Crippen LogP contribution in [0, 0.1) is 0 Å². The number of Topliss-reactive ketones (excluding diaryl/α,β-unsaturated/α-hetero) is 1. The smallest absolute Gasteiger partial charge is 0.308 e. The van der Waals surface area contributed by atoms with Crippen molar-refractivity contribution >= 4 is 17.7 Å². The zero-order valence-electron chi connectivity index (χ0n) is 24.6. The second-order valence-corrected chi connectivity index (χ2v) is 10.4. The van der Waals surface area contributed by atoms with Gasteiger partial charge in [0.05, 0.1) is 0 Å². The molecular formula is C35H32O9. The first-order chi connectivity index (χ1) is 21.1. The average Bonchev–Trinajstić information content (AvgIpc) is 3.27. The molecule has 0 bridgehead atoms. The van der Waals surface area contributed by atoms with Gasteiger partial charge < -0.3 is 29.2 Å². The summed E-state index contributed by atoms with van der Waals surface area (Å²) in [5, 5.41) is 19.5. The number of phenolic OH excluding ortho intramolecular Hbond substituents is 2. The minimum atomic E-state index is -0.451. The highest BCUT2D eigenvalue weighted by atomic mass is 16.5. The fraction of sp³-hybridized carbons (Fsp3) is 0.229. The van der Waals surface area contributed by atoms with Gasteiger partial charge in [-0.2, -0.15) is 0 Å². The zero-order chi connectivity index (χ0) is 31.4. The van der Waals surface area contributed by atoms with Crippen molar-refractivity contribution in [2.75, 3.05) is 0 Å². The van der Waals surface area contributed by atoms with Crippen molar-refractivity contribution < 1.29 is 43.5 Å². The van der Waals surface area contributed by atoms with E-state index in [0.717, 1.165) is 28.9 Å². The number of aromatic hydroxyl groups is 2. The maximum Gasteiger partial charge on any atom is 0.308 e. The molecule has 9 heteroatoms. The first kappa shape index (κ1) is 30.2. The SMILES string of the molecule is CC(=O)Oc1cc(OC(C)=O)c2c(c1)Oc1ccccc1CC2.CCC(=O)c1ccc2c(c1)CCc1c(O)cc(O)cc1O2. The number of phenols is 2. The van der Waals surface area contributed by atoms with Gasteiger partial charge >= 0.3 is 11.9 Å². The molecule has 0 aliphatic carbocycles. The van der Waals surface area contributed by atoms with Crippen LogP contribution >= 0.6 is 0 Å². The Kier molecular flexibility index (Phi) is 8.85. The summed E-state index contributed by atoms with van der Waals surface area (Å²) >= 11 is 0. The molecule has 2 N–H and O–H groups in total. The second kappa shape index (κ2) is 12.9. The van der Waals surface area contributed by atoms with Gasteiger partial charge in [0.15, 0.2) is 5.78 Å². The lowest BCUT2D eigenvalue weighted by Gasteiger charge is -2.14. The molecule has 0 spiro atoms. The summed E-state index contributed by atoms with van der Waals surface area (Å²) in [6.45, 7) is 4.48. The van der Waals surface area contributed by atoms with Crippen LogP contribution in [-0.4, -0.2) is 27.9 Å². The maximum absolute atomic E-state index is 11.8. The highest BCUT2D eigenvalue weighted by Gasteiger charge is 2.22. The van der Waals surface area contributed by atoms with E-state index in [1.165, 1.54) is 26.0 Å². The summed E-state index contributed by atoms with van der Waals surface area (Å²) in [5.41, 5.74) is 4.15. The van der Waals surface area contributed by atoms with Gasteiger partial charge in [-0.15, -0.1) is 0 Å². The number of hydrogen-bond donors (Lipinski definition) is 2. The first-order valence-corrected chi connectivity index (χ1v) is 14.3. The molecule has 4 aromatic carbocycles. The van der Waals surface area contributed by atoms with Crippen LogP contribution < -0.4 is 18.9 Å². The number of hydrogen-bond acceptors (Lipinski definition) is 9. The molecule has 0 radical (unpaired) electrons. The van der Waals surface area contributed by atoms with Crippen LogP contribution in [0.5, 0.6) is 46.0 Å². The van der Waals surface area contributed by atoms with Crippen molar-refractivity contribution in [2.45, 2.75) is 52.9 Å². The minimum absolute atomic E-state index is 0.0302. The Hall–Kier alpha value is -5.31. The number of ketones is 1. The Bertz CT molecular complexity index is 1760. The molecule has 0 aromatic heterocycles. The molecule has 0 amide bonds. The van der Waals surface area contributed by atoms with Gasteiger partial charge in [0.25, 0.3) is 0 Å². The van der Waals surface area contributed by atoms with Crippen LogP contribution in [-0.2, 0) is 35.3 Å². The van der Waals surface area contributed by atoms with E-state index >= 15 is 0 Å². The van der Waals surface area contributed by atoms with Gasteiger partial charge in [0.1, 0.15) is 46.0 Å². The van der Waals surface area contributed by atoms with E-state index in [1.54, 1.807) is 24.3 Å². The third-order valence-electron chi connectivity index (χ3n) is 7.23. The third-order valence-corrected chi connectivity index (χ3v) is 7.23. The summed E-state index contributed by atoms with van der Waals surface area (Å²) in [4.78, 5) is 34.4. The van der Waals surface area contributed by atoms with Gasteiger partial charge in [-0.3, -0.25) is 14.4 Å². The van der Waals surface area contributed by atoms with Gasteiger partial charge in [0, 0.05) is 61.2 Å². The molecule has 44 heavy (non-hydrogen) atoms. The number of carbonyl (C=O) groups excluding carboxylic acids is 3. The number of carbonyl (C=O) groups is 3. The highest BCUT2D eigenvalue weighted by molar-refractivity contribution is 5.96. The van der Waals surface area contributed by atoms with Crippen molar-refractivity contribution in [3.05, 3.63) is 94.5 Å². The molecule has 9 nitrogen and oxygen atoms in total. The summed E-state index contributed by atoms with van der Waals surface area (Å²) in [7, 11) is 0. The van der Waals surface area contributed by atoms with Gasteiger partial charge in [0.2, 0.25) is 0 Å². The molecule has 2 heterocycles. The second-order valence-electron chi connectivity index (χ2n) is 10.4. The van der Waals surface area contributed by atoms with Crippen LogP contribution in [0.15, 0.2) is 66.7 Å². The number of rotatable bonds is 4. The molecule has 4 aromatic rings. The van der Waals surface area contributed by atoms with Crippen molar-refractivity contribution in [1.82, 2.24) is 0 Å². The summed E-state index contributed by atoms with van der Waals surface area (Å²) in [6.07, 6.45) is 3.16. The summed E-state index contributed by atoms with van der Waals surface area (Å²) in [5.74, 6) is 2.25. The number of ether oxygens (including phenoxy) is 4. The maximum atomic E-state index is 11.8. The Morgan fingerprint density at radius 3 is 2.09 bits per heavy atom. The zero-order valence-corrected chi connectivity index (χ0v) is 24.6.